The number of rotatable bonds is 5. The lowest BCUT2D eigenvalue weighted by Crippen LogP contribution is -2.36. The number of hydrogen-bond donors (Lipinski definition) is 2. The molecule has 0 atom stereocenters. The Hall–Kier alpha value is -1.44. The third-order valence-electron chi connectivity index (χ3n) is 2.63. The number of nitrogens with zero attached hydrogens (tertiary/aromatic N) is 3. The van der Waals surface area contributed by atoms with E-state index in [0.717, 1.165) is 10.7 Å². The summed E-state index contributed by atoms with van der Waals surface area (Å²) in [5.74, 6) is -0.270. The number of thiazole rings is 1. The fraction of sp³-hybridized carbons (Fsp3) is 0.455. The zero-order valence-electron chi connectivity index (χ0n) is 10.0. The number of aromatic nitrogens is 2. The van der Waals surface area contributed by atoms with Crippen LogP contribution in [0.3, 0.4) is 0 Å². The maximum Gasteiger partial charge on any atom is 0.274 e. The Balaban J connectivity index is 2.25. The highest BCUT2D eigenvalue weighted by atomic mass is 32.1. The number of hydrogen-bond acceptors (Lipinski definition) is 5. The van der Waals surface area contributed by atoms with Gasteiger partial charge in [-0.25, -0.2) is 4.98 Å². The van der Waals surface area contributed by atoms with Gasteiger partial charge in [0.05, 0.1) is 13.2 Å². The second-order valence-electron chi connectivity index (χ2n) is 3.90. The SMILES string of the molecule is Cc1csc2nc(C(=O)N(CCO)CCO)cn12. The number of imidazole rings is 1. The van der Waals surface area contributed by atoms with Crippen LogP contribution in [0.15, 0.2) is 11.6 Å². The monoisotopic (exact) mass is 269 g/mol. The molecule has 0 aliphatic heterocycles. The van der Waals surface area contributed by atoms with Crippen LogP contribution >= 0.6 is 11.3 Å². The van der Waals surface area contributed by atoms with Crippen molar-refractivity contribution in [3.8, 4) is 0 Å². The maximum absolute atomic E-state index is 12.1. The zero-order chi connectivity index (χ0) is 13.1. The van der Waals surface area contributed by atoms with Gasteiger partial charge in [-0.1, -0.05) is 0 Å². The smallest absolute Gasteiger partial charge is 0.274 e. The van der Waals surface area contributed by atoms with Crippen LogP contribution in [0.4, 0.5) is 0 Å². The first-order valence-electron chi connectivity index (χ1n) is 5.61. The molecule has 0 fully saturated rings. The number of amides is 1. The van der Waals surface area contributed by atoms with Gasteiger partial charge in [-0.2, -0.15) is 0 Å². The molecule has 0 unspecified atom stereocenters. The van der Waals surface area contributed by atoms with Crippen LogP contribution in [-0.4, -0.2) is 56.7 Å². The first-order valence-corrected chi connectivity index (χ1v) is 6.49. The second-order valence-corrected chi connectivity index (χ2v) is 4.73. The highest BCUT2D eigenvalue weighted by Gasteiger charge is 2.18. The highest BCUT2D eigenvalue weighted by Crippen LogP contribution is 2.16. The number of carbonyl (C=O) groups is 1. The Kier molecular flexibility index (Phi) is 3.95. The van der Waals surface area contributed by atoms with E-state index in [1.165, 1.54) is 16.2 Å². The first-order chi connectivity index (χ1) is 8.67. The second kappa shape index (κ2) is 5.47. The predicted octanol–water partition coefficient (Wildman–Crippen LogP) is 0.131. The summed E-state index contributed by atoms with van der Waals surface area (Å²) in [6, 6.07) is 0. The van der Waals surface area contributed by atoms with Crippen molar-refractivity contribution in [2.24, 2.45) is 0 Å². The van der Waals surface area contributed by atoms with E-state index >= 15 is 0 Å². The molecule has 7 heteroatoms. The van der Waals surface area contributed by atoms with Gasteiger partial charge in [-0.3, -0.25) is 9.20 Å². The van der Waals surface area contributed by atoms with E-state index in [9.17, 15) is 4.79 Å². The lowest BCUT2D eigenvalue weighted by Gasteiger charge is -2.19. The van der Waals surface area contributed by atoms with Crippen LogP contribution in [-0.2, 0) is 0 Å². The van der Waals surface area contributed by atoms with Crippen molar-refractivity contribution in [2.75, 3.05) is 26.3 Å². The van der Waals surface area contributed by atoms with Crippen molar-refractivity contribution in [1.82, 2.24) is 14.3 Å². The van der Waals surface area contributed by atoms with Gasteiger partial charge >= 0.3 is 0 Å². The van der Waals surface area contributed by atoms with E-state index in [4.69, 9.17) is 10.2 Å². The highest BCUT2D eigenvalue weighted by molar-refractivity contribution is 7.15. The summed E-state index contributed by atoms with van der Waals surface area (Å²) in [7, 11) is 0. The van der Waals surface area contributed by atoms with E-state index in [-0.39, 0.29) is 32.2 Å². The van der Waals surface area contributed by atoms with E-state index in [0.29, 0.717) is 5.69 Å². The van der Waals surface area contributed by atoms with Gasteiger partial charge in [0.1, 0.15) is 5.69 Å². The van der Waals surface area contributed by atoms with Crippen LogP contribution in [0.2, 0.25) is 0 Å². The van der Waals surface area contributed by atoms with Gasteiger partial charge in [0.25, 0.3) is 5.91 Å². The fourth-order valence-electron chi connectivity index (χ4n) is 1.72. The molecule has 2 N–H and O–H groups in total. The quantitative estimate of drug-likeness (QED) is 0.809. The third kappa shape index (κ3) is 2.38. The standard InChI is InChI=1S/C11H15N3O3S/c1-8-7-18-11-12-9(6-14(8)11)10(17)13(2-4-15)3-5-16/h6-7,15-16H,2-5H2,1H3. The summed E-state index contributed by atoms with van der Waals surface area (Å²) in [5, 5.41) is 19.8. The number of carbonyl (C=O) groups excluding carboxylic acids is 1. The van der Waals surface area contributed by atoms with Gasteiger partial charge in [-0.15, -0.1) is 11.3 Å². The molecule has 0 aliphatic rings. The number of fused-ring (bicyclic) bond motifs is 1. The maximum atomic E-state index is 12.1. The van der Waals surface area contributed by atoms with Crippen molar-refractivity contribution in [3.05, 3.63) is 23.0 Å². The normalized spacial score (nSPS) is 11.1. The summed E-state index contributed by atoms with van der Waals surface area (Å²) in [6.45, 7) is 2.08. The fourth-order valence-corrected chi connectivity index (χ4v) is 2.57. The number of aryl methyl sites for hydroxylation is 1. The number of aliphatic hydroxyl groups is 2. The van der Waals surface area contributed by atoms with Crippen LogP contribution in [0.1, 0.15) is 16.2 Å². The van der Waals surface area contributed by atoms with Gasteiger partial charge < -0.3 is 15.1 Å². The minimum atomic E-state index is -0.270. The molecule has 0 saturated carbocycles. The third-order valence-corrected chi connectivity index (χ3v) is 3.59. The topological polar surface area (TPSA) is 78.1 Å². The van der Waals surface area contributed by atoms with Crippen LogP contribution in [0, 0.1) is 6.92 Å². The molecule has 1 amide bonds. The Morgan fingerprint density at radius 1 is 1.44 bits per heavy atom. The van der Waals surface area contributed by atoms with Crippen LogP contribution in [0.25, 0.3) is 4.96 Å². The molecule has 2 aromatic heterocycles. The van der Waals surface area contributed by atoms with Crippen molar-refractivity contribution in [1.29, 1.82) is 0 Å². The molecule has 0 aliphatic carbocycles. The van der Waals surface area contributed by atoms with Crippen LogP contribution < -0.4 is 0 Å². The molecule has 0 spiro atoms. The van der Waals surface area contributed by atoms with Gasteiger partial charge in [0.15, 0.2) is 4.96 Å². The summed E-state index contributed by atoms with van der Waals surface area (Å²) in [6.07, 6.45) is 1.69. The molecule has 2 heterocycles. The van der Waals surface area contributed by atoms with Crippen molar-refractivity contribution in [2.45, 2.75) is 6.92 Å². The molecule has 0 radical (unpaired) electrons. The van der Waals surface area contributed by atoms with Crippen molar-refractivity contribution in [3.63, 3.8) is 0 Å². The van der Waals surface area contributed by atoms with Gasteiger partial charge in [0.2, 0.25) is 0 Å². The summed E-state index contributed by atoms with van der Waals surface area (Å²) < 4.78 is 1.86. The molecule has 6 nitrogen and oxygen atoms in total. The van der Waals surface area contributed by atoms with Gasteiger partial charge in [-0.05, 0) is 6.92 Å². The Morgan fingerprint density at radius 2 is 2.11 bits per heavy atom. The van der Waals surface area contributed by atoms with Gasteiger partial charge in [0, 0.05) is 30.4 Å². The average Bonchev–Trinajstić information content (AvgIpc) is 2.91. The average molecular weight is 269 g/mol. The predicted molar refractivity (Wildman–Crippen MR) is 67.9 cm³/mol. The molecular formula is C11H15N3O3S. The Labute approximate surface area is 108 Å². The molecule has 0 aromatic carbocycles. The first kappa shape index (κ1) is 13.0. The van der Waals surface area contributed by atoms with Crippen LogP contribution in [0.5, 0.6) is 0 Å². The summed E-state index contributed by atoms with van der Waals surface area (Å²) >= 11 is 1.47. The molecule has 98 valence electrons. The zero-order valence-corrected chi connectivity index (χ0v) is 10.9. The molecule has 0 saturated heterocycles. The molecule has 18 heavy (non-hydrogen) atoms. The van der Waals surface area contributed by atoms with Crippen molar-refractivity contribution < 1.29 is 15.0 Å². The summed E-state index contributed by atoms with van der Waals surface area (Å²) in [4.78, 5) is 18.5. The number of aliphatic hydroxyl groups excluding tert-OH is 2. The van der Waals surface area contributed by atoms with E-state index in [1.807, 2.05) is 16.7 Å². The molecule has 2 aromatic rings. The molecular weight excluding hydrogens is 254 g/mol. The van der Waals surface area contributed by atoms with E-state index in [2.05, 4.69) is 4.98 Å². The lowest BCUT2D eigenvalue weighted by molar-refractivity contribution is 0.0679. The molecule has 0 bridgehead atoms. The lowest BCUT2D eigenvalue weighted by atomic mass is 10.3. The Morgan fingerprint density at radius 3 is 2.67 bits per heavy atom. The minimum Gasteiger partial charge on any atom is -0.395 e. The van der Waals surface area contributed by atoms with Crippen molar-refractivity contribution >= 4 is 22.2 Å². The van der Waals surface area contributed by atoms with E-state index < -0.39 is 0 Å². The largest absolute Gasteiger partial charge is 0.395 e. The minimum absolute atomic E-state index is 0.132. The van der Waals surface area contributed by atoms with E-state index in [1.54, 1.807) is 6.20 Å². The molecule has 2 rings (SSSR count). The summed E-state index contributed by atoms with van der Waals surface area (Å²) in [5.41, 5.74) is 1.37. The Bertz CT molecular complexity index is 543.